The number of hydrogen-bond acceptors (Lipinski definition) is 4. The van der Waals surface area contributed by atoms with Crippen LogP contribution in [0.3, 0.4) is 0 Å². The van der Waals surface area contributed by atoms with Gasteiger partial charge in [0.1, 0.15) is 5.75 Å². The summed E-state index contributed by atoms with van der Waals surface area (Å²) in [7, 11) is 0. The van der Waals surface area contributed by atoms with Crippen LogP contribution in [0.1, 0.15) is 95.4 Å². The van der Waals surface area contributed by atoms with Crippen LogP contribution in [0.4, 0.5) is 0 Å². The zero-order chi connectivity index (χ0) is 30.4. The molecule has 0 saturated carbocycles. The fourth-order valence-corrected chi connectivity index (χ4v) is 5.41. The van der Waals surface area contributed by atoms with E-state index in [-0.39, 0.29) is 18.8 Å². The summed E-state index contributed by atoms with van der Waals surface area (Å²) in [6.45, 7) is 12.2. The summed E-state index contributed by atoms with van der Waals surface area (Å²) in [4.78, 5) is 0. The third kappa shape index (κ3) is 10.6. The minimum absolute atomic E-state index is 0.140. The first kappa shape index (κ1) is 33.8. The Morgan fingerprint density at radius 1 is 0.619 bits per heavy atom. The predicted octanol–water partition coefficient (Wildman–Crippen LogP) is 8.75. The van der Waals surface area contributed by atoms with Gasteiger partial charge in [0.25, 0.3) is 0 Å². The van der Waals surface area contributed by atoms with E-state index in [9.17, 15) is 10.2 Å². The molecule has 3 aromatic rings. The van der Waals surface area contributed by atoms with Crippen molar-refractivity contribution in [2.75, 3.05) is 26.4 Å². The van der Waals surface area contributed by atoms with Gasteiger partial charge in [-0.2, -0.15) is 0 Å². The van der Waals surface area contributed by atoms with Crippen LogP contribution in [0.25, 0.3) is 22.3 Å². The first-order valence-corrected chi connectivity index (χ1v) is 16.2. The van der Waals surface area contributed by atoms with Crippen molar-refractivity contribution < 1.29 is 19.7 Å². The van der Waals surface area contributed by atoms with Gasteiger partial charge in [0.05, 0.1) is 18.8 Å². The summed E-state index contributed by atoms with van der Waals surface area (Å²) in [5.41, 5.74) is 9.71. The fraction of sp³-hybridized carbons (Fsp3) is 0.526. The van der Waals surface area contributed by atoms with E-state index < -0.39 is 0 Å². The van der Waals surface area contributed by atoms with Crippen LogP contribution in [0.5, 0.6) is 5.75 Å². The maximum atomic E-state index is 9.64. The molecule has 0 spiro atoms. The van der Waals surface area contributed by atoms with Gasteiger partial charge in [0.2, 0.25) is 0 Å². The average Bonchev–Trinajstić information content (AvgIpc) is 2.98. The maximum Gasteiger partial charge on any atom is 0.125 e. The van der Waals surface area contributed by atoms with Gasteiger partial charge in [0.15, 0.2) is 0 Å². The number of aliphatic hydroxyl groups is 2. The summed E-state index contributed by atoms with van der Waals surface area (Å²) in [5, 5.41) is 19.3. The van der Waals surface area contributed by atoms with Gasteiger partial charge in [-0.3, -0.25) is 0 Å². The normalized spacial score (nSPS) is 11.7. The van der Waals surface area contributed by atoms with Crippen LogP contribution in [-0.2, 0) is 30.4 Å². The van der Waals surface area contributed by atoms with Crippen LogP contribution in [-0.4, -0.2) is 42.2 Å². The minimum atomic E-state index is -0.162. The highest BCUT2D eigenvalue weighted by Crippen LogP contribution is 2.36. The van der Waals surface area contributed by atoms with Gasteiger partial charge >= 0.3 is 0 Å². The van der Waals surface area contributed by atoms with Crippen molar-refractivity contribution in [2.45, 2.75) is 104 Å². The molecule has 3 rings (SSSR count). The van der Waals surface area contributed by atoms with Crippen molar-refractivity contribution in [1.82, 2.24) is 0 Å². The van der Waals surface area contributed by atoms with Crippen molar-refractivity contribution in [3.8, 4) is 28.0 Å². The van der Waals surface area contributed by atoms with Crippen molar-refractivity contribution in [2.24, 2.45) is 0 Å². The topological polar surface area (TPSA) is 58.9 Å². The van der Waals surface area contributed by atoms with E-state index in [1.54, 1.807) is 0 Å². The maximum absolute atomic E-state index is 9.64. The first-order chi connectivity index (χ1) is 20.3. The molecule has 0 aromatic heterocycles. The Morgan fingerprint density at radius 3 is 1.81 bits per heavy atom. The highest BCUT2D eigenvalue weighted by atomic mass is 16.5. The van der Waals surface area contributed by atoms with E-state index in [0.29, 0.717) is 26.1 Å². The Morgan fingerprint density at radius 2 is 1.24 bits per heavy atom. The Balaban J connectivity index is 1.91. The second kappa shape index (κ2) is 17.5. The molecule has 0 bridgehead atoms. The lowest BCUT2D eigenvalue weighted by Gasteiger charge is -2.21. The highest BCUT2D eigenvalue weighted by Gasteiger charge is 2.16. The van der Waals surface area contributed by atoms with Crippen LogP contribution in [0.15, 0.2) is 54.6 Å². The molecule has 0 fully saturated rings. The van der Waals surface area contributed by atoms with Gasteiger partial charge in [-0.05, 0) is 122 Å². The number of ether oxygens (including phenoxy) is 2. The molecule has 0 heterocycles. The fourth-order valence-electron chi connectivity index (χ4n) is 5.41. The number of unbranched alkanes of at least 4 members (excludes halogenated alkanes) is 2. The highest BCUT2D eigenvalue weighted by molar-refractivity contribution is 5.75. The van der Waals surface area contributed by atoms with Crippen LogP contribution < -0.4 is 4.74 Å². The number of aryl methyl sites for hydroxylation is 4. The Labute approximate surface area is 255 Å². The number of rotatable bonds is 18. The van der Waals surface area contributed by atoms with Gasteiger partial charge in [-0.1, -0.05) is 69.2 Å². The molecule has 230 valence electrons. The van der Waals surface area contributed by atoms with E-state index in [0.717, 1.165) is 49.0 Å². The summed E-state index contributed by atoms with van der Waals surface area (Å²) >= 11 is 0. The Kier molecular flexibility index (Phi) is 14.1. The molecule has 3 aromatic carbocycles. The molecule has 0 amide bonds. The number of hydrogen-bond donors (Lipinski definition) is 2. The summed E-state index contributed by atoms with van der Waals surface area (Å²) in [6, 6.07) is 20.4. The SMILES string of the molecule is CCCCCc1ccc(-c2ccc(-c3cc(CCCO)c(OCCCOC(C)(C)C)c(CCCO)c3)c(CC)c2)cc1. The van der Waals surface area contributed by atoms with Gasteiger partial charge < -0.3 is 19.7 Å². The third-order valence-electron chi connectivity index (χ3n) is 7.67. The smallest absolute Gasteiger partial charge is 0.125 e. The molecule has 0 saturated heterocycles. The minimum Gasteiger partial charge on any atom is -0.493 e. The van der Waals surface area contributed by atoms with Gasteiger partial charge in [-0.15, -0.1) is 0 Å². The second-order valence-electron chi connectivity index (χ2n) is 12.3. The summed E-state index contributed by atoms with van der Waals surface area (Å²) < 4.78 is 12.3. The number of benzene rings is 3. The molecule has 0 radical (unpaired) electrons. The zero-order valence-electron chi connectivity index (χ0n) is 26.8. The molecule has 0 unspecified atom stereocenters. The van der Waals surface area contributed by atoms with Gasteiger partial charge in [0, 0.05) is 19.6 Å². The quantitative estimate of drug-likeness (QED) is 0.149. The van der Waals surface area contributed by atoms with E-state index in [2.05, 4.69) is 89.2 Å². The molecule has 2 N–H and O–H groups in total. The molecular formula is C38H54O4. The molecule has 0 aliphatic heterocycles. The lowest BCUT2D eigenvalue weighted by atomic mass is 9.89. The van der Waals surface area contributed by atoms with Crippen molar-refractivity contribution >= 4 is 0 Å². The third-order valence-corrected chi connectivity index (χ3v) is 7.67. The van der Waals surface area contributed by atoms with E-state index in [4.69, 9.17) is 9.47 Å². The zero-order valence-corrected chi connectivity index (χ0v) is 26.8. The van der Waals surface area contributed by atoms with Crippen molar-refractivity contribution in [1.29, 1.82) is 0 Å². The molecule has 4 heteroatoms. The van der Waals surface area contributed by atoms with E-state index >= 15 is 0 Å². The molecule has 42 heavy (non-hydrogen) atoms. The Hall–Kier alpha value is -2.66. The average molecular weight is 575 g/mol. The lowest BCUT2D eigenvalue weighted by molar-refractivity contribution is -0.00775. The Bertz CT molecular complexity index is 1180. The van der Waals surface area contributed by atoms with Crippen molar-refractivity contribution in [3.63, 3.8) is 0 Å². The summed E-state index contributed by atoms with van der Waals surface area (Å²) in [6.07, 6.45) is 9.52. The second-order valence-corrected chi connectivity index (χ2v) is 12.3. The molecule has 0 atom stereocenters. The molecule has 0 aliphatic carbocycles. The van der Waals surface area contributed by atoms with Gasteiger partial charge in [-0.25, -0.2) is 0 Å². The van der Waals surface area contributed by atoms with Crippen LogP contribution in [0, 0.1) is 0 Å². The van der Waals surface area contributed by atoms with E-state index in [1.165, 1.54) is 52.6 Å². The monoisotopic (exact) mass is 574 g/mol. The standard InChI is InChI=1S/C38H54O4/c1-6-8-9-13-29-16-18-31(19-17-29)32-20-21-36(30(7-2)26-32)35-27-33(14-10-22-39)37(34(28-35)15-11-23-40)41-24-12-25-42-38(3,4)5/h16-21,26-28,39-40H,6-15,22-25H2,1-5H3. The van der Waals surface area contributed by atoms with E-state index in [1.807, 2.05) is 0 Å². The summed E-state index contributed by atoms with van der Waals surface area (Å²) in [5.74, 6) is 0.908. The lowest BCUT2D eigenvalue weighted by Crippen LogP contribution is -2.20. The van der Waals surface area contributed by atoms with Crippen LogP contribution >= 0.6 is 0 Å². The first-order valence-electron chi connectivity index (χ1n) is 16.2. The number of aliphatic hydroxyl groups excluding tert-OH is 2. The molecular weight excluding hydrogens is 520 g/mol. The van der Waals surface area contributed by atoms with Crippen molar-refractivity contribution in [3.05, 3.63) is 76.9 Å². The largest absolute Gasteiger partial charge is 0.493 e. The predicted molar refractivity (Wildman–Crippen MR) is 177 cm³/mol. The molecule has 0 aliphatic rings. The molecule has 4 nitrogen and oxygen atoms in total. The van der Waals surface area contributed by atoms with Crippen LogP contribution in [0.2, 0.25) is 0 Å².